The molecule has 0 bridgehead atoms. The molecule has 4 rings (SSSR count). The average molecular weight is 419 g/mol. The molecule has 0 unspecified atom stereocenters. The van der Waals surface area contributed by atoms with Gasteiger partial charge >= 0.3 is 0 Å². The summed E-state index contributed by atoms with van der Waals surface area (Å²) in [5.74, 6) is 7.42. The summed E-state index contributed by atoms with van der Waals surface area (Å²) in [6.45, 7) is 2.27. The molecule has 0 radical (unpaired) electrons. The molecular weight excluding hydrogens is 396 g/mol. The number of aliphatic hydroxyl groups excluding tert-OH is 1. The first-order valence-corrected chi connectivity index (χ1v) is 10.3. The molecule has 3 aromatic rings. The van der Waals surface area contributed by atoms with E-state index in [4.69, 9.17) is 21.1 Å². The molecule has 0 saturated carbocycles. The van der Waals surface area contributed by atoms with Crippen molar-refractivity contribution in [2.45, 2.75) is 32.0 Å². The minimum absolute atomic E-state index is 0.00918. The molecule has 0 amide bonds. The van der Waals surface area contributed by atoms with Crippen molar-refractivity contribution >= 4 is 11.6 Å². The number of hydrogen-bond donors (Lipinski definition) is 1. The van der Waals surface area contributed by atoms with Crippen molar-refractivity contribution in [2.75, 3.05) is 6.61 Å². The van der Waals surface area contributed by atoms with Crippen LogP contribution in [0.4, 0.5) is 0 Å². The lowest BCUT2D eigenvalue weighted by molar-refractivity contribution is 0.238. The molecular formula is C26H23ClO3. The second kappa shape index (κ2) is 9.26. The Balaban J connectivity index is 1.38. The fourth-order valence-electron chi connectivity index (χ4n) is 3.63. The van der Waals surface area contributed by atoms with E-state index in [2.05, 4.69) is 17.9 Å². The number of fused-ring (bicyclic) bond motifs is 1. The molecule has 2 atom stereocenters. The van der Waals surface area contributed by atoms with Crippen molar-refractivity contribution in [3.05, 3.63) is 94.0 Å². The predicted molar refractivity (Wildman–Crippen MR) is 119 cm³/mol. The Morgan fingerprint density at radius 1 is 1.10 bits per heavy atom. The quantitative estimate of drug-likeness (QED) is 0.522. The lowest BCUT2D eigenvalue weighted by Gasteiger charge is -2.11. The minimum atomic E-state index is -0.158. The van der Waals surface area contributed by atoms with E-state index in [1.54, 1.807) is 6.92 Å². The highest BCUT2D eigenvalue weighted by atomic mass is 35.5. The Morgan fingerprint density at radius 3 is 2.57 bits per heavy atom. The number of hydrogen-bond acceptors (Lipinski definition) is 3. The van der Waals surface area contributed by atoms with Crippen molar-refractivity contribution in [1.82, 2.24) is 0 Å². The van der Waals surface area contributed by atoms with Crippen LogP contribution in [0.1, 0.15) is 41.2 Å². The summed E-state index contributed by atoms with van der Waals surface area (Å²) in [6, 6.07) is 21.8. The zero-order valence-corrected chi connectivity index (χ0v) is 17.5. The van der Waals surface area contributed by atoms with Gasteiger partial charge in [0, 0.05) is 11.4 Å². The standard InChI is InChI=1S/C26H23ClO3/c1-2-3-21(16-28)19-7-11-24(12-8-19)29-17-18-4-13-25-22(14-18)15-26(30-25)20-5-9-23(27)10-6-20/h4-14,21,26,28H,15-17H2,1H3/t21-,26+/m0/s1. The third-order valence-corrected chi connectivity index (χ3v) is 5.48. The zero-order valence-electron chi connectivity index (χ0n) is 16.8. The van der Waals surface area contributed by atoms with Gasteiger partial charge in [-0.05, 0) is 65.6 Å². The topological polar surface area (TPSA) is 38.7 Å². The number of rotatable bonds is 6. The molecule has 0 fully saturated rings. The number of ether oxygens (including phenoxy) is 2. The van der Waals surface area contributed by atoms with E-state index in [1.165, 1.54) is 5.56 Å². The Labute approximate surface area is 182 Å². The molecule has 0 saturated heterocycles. The fourth-order valence-corrected chi connectivity index (χ4v) is 3.75. The Kier molecular flexibility index (Phi) is 6.28. The average Bonchev–Trinajstić information content (AvgIpc) is 3.20. The van der Waals surface area contributed by atoms with E-state index >= 15 is 0 Å². The highest BCUT2D eigenvalue weighted by Crippen LogP contribution is 2.37. The fraction of sp³-hybridized carbons (Fsp3) is 0.231. The first-order chi connectivity index (χ1) is 14.7. The van der Waals surface area contributed by atoms with Crippen molar-refractivity contribution in [1.29, 1.82) is 0 Å². The van der Waals surface area contributed by atoms with Gasteiger partial charge < -0.3 is 14.6 Å². The van der Waals surface area contributed by atoms with Crippen LogP contribution in [-0.4, -0.2) is 11.7 Å². The van der Waals surface area contributed by atoms with E-state index in [9.17, 15) is 5.11 Å². The summed E-state index contributed by atoms with van der Waals surface area (Å²) in [5, 5.41) is 10.2. The van der Waals surface area contributed by atoms with Crippen LogP contribution in [0.25, 0.3) is 0 Å². The highest BCUT2D eigenvalue weighted by Gasteiger charge is 2.24. The monoisotopic (exact) mass is 418 g/mol. The molecule has 1 aliphatic rings. The molecule has 0 aliphatic carbocycles. The summed E-state index contributed by atoms with van der Waals surface area (Å²) in [6.07, 6.45) is 0.854. The Hall–Kier alpha value is -2.93. The van der Waals surface area contributed by atoms with Crippen LogP contribution in [-0.2, 0) is 13.0 Å². The zero-order chi connectivity index (χ0) is 20.9. The molecule has 30 heavy (non-hydrogen) atoms. The summed E-state index contributed by atoms with van der Waals surface area (Å²) in [7, 11) is 0. The van der Waals surface area contributed by atoms with E-state index in [1.807, 2.05) is 60.7 Å². The summed E-state index contributed by atoms with van der Waals surface area (Å²) >= 11 is 5.99. The van der Waals surface area contributed by atoms with Gasteiger partial charge in [-0.3, -0.25) is 0 Å². The molecule has 1 heterocycles. The summed E-state index contributed by atoms with van der Waals surface area (Å²) in [5.41, 5.74) is 4.41. The van der Waals surface area contributed by atoms with E-state index in [0.717, 1.165) is 39.6 Å². The maximum atomic E-state index is 9.46. The van der Waals surface area contributed by atoms with Crippen molar-refractivity contribution < 1.29 is 14.6 Å². The normalized spacial score (nSPS) is 15.5. The van der Waals surface area contributed by atoms with Gasteiger partial charge in [0.1, 0.15) is 24.2 Å². The largest absolute Gasteiger partial charge is 0.489 e. The van der Waals surface area contributed by atoms with Crippen molar-refractivity contribution in [2.24, 2.45) is 0 Å². The molecule has 3 aromatic carbocycles. The van der Waals surface area contributed by atoms with Crippen LogP contribution in [0.3, 0.4) is 0 Å². The second-order valence-electron chi connectivity index (χ2n) is 7.29. The molecule has 152 valence electrons. The van der Waals surface area contributed by atoms with Gasteiger partial charge in [0.15, 0.2) is 0 Å². The number of halogens is 1. The molecule has 3 nitrogen and oxygen atoms in total. The predicted octanol–water partition coefficient (Wildman–Crippen LogP) is 5.69. The van der Waals surface area contributed by atoms with Gasteiger partial charge in [0.2, 0.25) is 0 Å². The molecule has 4 heteroatoms. The maximum Gasteiger partial charge on any atom is 0.128 e. The van der Waals surface area contributed by atoms with Gasteiger partial charge in [-0.25, -0.2) is 0 Å². The van der Waals surface area contributed by atoms with Gasteiger partial charge in [-0.15, -0.1) is 5.92 Å². The Bertz CT molecular complexity index is 1060. The van der Waals surface area contributed by atoms with E-state index in [-0.39, 0.29) is 18.6 Å². The van der Waals surface area contributed by atoms with E-state index < -0.39 is 0 Å². The number of benzene rings is 3. The SMILES string of the molecule is CC#C[C@@H](CO)c1ccc(OCc2ccc3c(c2)C[C@H](c2ccc(Cl)cc2)O3)cc1. The highest BCUT2D eigenvalue weighted by molar-refractivity contribution is 6.30. The van der Waals surface area contributed by atoms with Gasteiger partial charge in [0.25, 0.3) is 0 Å². The summed E-state index contributed by atoms with van der Waals surface area (Å²) < 4.78 is 12.1. The van der Waals surface area contributed by atoms with Gasteiger partial charge in [0.05, 0.1) is 12.5 Å². The molecule has 0 aromatic heterocycles. The molecule has 0 spiro atoms. The third kappa shape index (κ3) is 4.62. The summed E-state index contributed by atoms with van der Waals surface area (Å²) in [4.78, 5) is 0. The first-order valence-electron chi connectivity index (χ1n) is 9.96. The van der Waals surface area contributed by atoms with Crippen LogP contribution in [0.15, 0.2) is 66.7 Å². The first kappa shape index (κ1) is 20.3. The number of aliphatic hydroxyl groups is 1. The maximum absolute atomic E-state index is 9.46. The van der Waals surface area contributed by atoms with Crippen LogP contribution in [0.2, 0.25) is 5.02 Å². The second-order valence-corrected chi connectivity index (χ2v) is 7.73. The third-order valence-electron chi connectivity index (χ3n) is 5.23. The molecule has 1 aliphatic heterocycles. The van der Waals surface area contributed by atoms with Crippen LogP contribution in [0, 0.1) is 11.8 Å². The van der Waals surface area contributed by atoms with Gasteiger partial charge in [-0.2, -0.15) is 0 Å². The van der Waals surface area contributed by atoms with E-state index in [0.29, 0.717) is 6.61 Å². The van der Waals surface area contributed by atoms with Crippen LogP contribution < -0.4 is 9.47 Å². The van der Waals surface area contributed by atoms with Crippen molar-refractivity contribution in [3.8, 4) is 23.3 Å². The minimum Gasteiger partial charge on any atom is -0.489 e. The smallest absolute Gasteiger partial charge is 0.128 e. The van der Waals surface area contributed by atoms with Crippen LogP contribution >= 0.6 is 11.6 Å². The molecule has 1 N–H and O–H groups in total. The van der Waals surface area contributed by atoms with Gasteiger partial charge in [-0.1, -0.05) is 47.9 Å². The van der Waals surface area contributed by atoms with Crippen LogP contribution in [0.5, 0.6) is 11.5 Å². The lowest BCUT2D eigenvalue weighted by Crippen LogP contribution is -2.02. The Morgan fingerprint density at radius 2 is 1.87 bits per heavy atom. The lowest BCUT2D eigenvalue weighted by atomic mass is 10.0. The van der Waals surface area contributed by atoms with Crippen molar-refractivity contribution in [3.63, 3.8) is 0 Å².